The van der Waals surface area contributed by atoms with Gasteiger partial charge in [0, 0.05) is 6.54 Å². The van der Waals surface area contributed by atoms with Crippen molar-refractivity contribution in [1.29, 1.82) is 0 Å². The van der Waals surface area contributed by atoms with E-state index in [0.717, 1.165) is 5.32 Å². The van der Waals surface area contributed by atoms with E-state index in [4.69, 9.17) is 5.11 Å². The Balaban J connectivity index is 2.49. The van der Waals surface area contributed by atoms with E-state index in [1.807, 2.05) is 5.32 Å². The molecule has 2 amide bonds. The largest absolute Gasteiger partial charge is 0.485 e. The molecule has 0 bridgehead atoms. The number of halogens is 3. The van der Waals surface area contributed by atoms with Crippen LogP contribution in [0.3, 0.4) is 0 Å². The van der Waals surface area contributed by atoms with Gasteiger partial charge in [-0.25, -0.2) is 14.9 Å². The molecule has 1 aromatic rings. The zero-order valence-corrected chi connectivity index (χ0v) is 8.91. The van der Waals surface area contributed by atoms with Crippen molar-refractivity contribution < 1.29 is 27.9 Å². The Morgan fingerprint density at radius 3 is 2.17 bits per heavy atom. The first-order valence-electron chi connectivity index (χ1n) is 4.73. The number of nitrogens with one attached hydrogen (secondary N) is 2. The maximum absolute atomic E-state index is 11.7. The van der Waals surface area contributed by atoms with Gasteiger partial charge in [-0.2, -0.15) is 13.2 Å². The number of carbonyl (C=O) groups excluding carboxylic acids is 1. The van der Waals surface area contributed by atoms with E-state index in [-0.39, 0.29) is 12.1 Å². The molecular weight excluding hydrogens is 253 g/mol. The summed E-state index contributed by atoms with van der Waals surface area (Å²) in [5.74, 6) is -1.11. The number of rotatable bonds is 3. The fourth-order valence-electron chi connectivity index (χ4n) is 1.12. The molecule has 0 saturated carbocycles. The van der Waals surface area contributed by atoms with Gasteiger partial charge in [0.2, 0.25) is 0 Å². The second-order valence-electron chi connectivity index (χ2n) is 3.31. The molecule has 0 atom stereocenters. The number of benzene rings is 1. The van der Waals surface area contributed by atoms with Gasteiger partial charge in [-0.1, -0.05) is 12.1 Å². The minimum absolute atomic E-state index is 0.0542. The maximum Gasteiger partial charge on any atom is 0.485 e. The molecule has 0 saturated heterocycles. The number of hydrogen-bond donors (Lipinski definition) is 3. The first-order valence-corrected chi connectivity index (χ1v) is 4.73. The van der Waals surface area contributed by atoms with Gasteiger partial charge in [0.05, 0.1) is 5.56 Å². The topological polar surface area (TPSA) is 78.4 Å². The van der Waals surface area contributed by atoms with Gasteiger partial charge in [0.25, 0.3) is 0 Å². The number of carboxylic acid groups (broad SMARTS) is 1. The molecule has 1 aromatic carbocycles. The van der Waals surface area contributed by atoms with Crippen molar-refractivity contribution in [2.75, 3.05) is 0 Å². The van der Waals surface area contributed by atoms with E-state index < -0.39 is 18.3 Å². The molecule has 0 spiro atoms. The molecule has 0 aliphatic heterocycles. The monoisotopic (exact) mass is 262 g/mol. The van der Waals surface area contributed by atoms with Crippen molar-refractivity contribution >= 4 is 12.0 Å². The zero-order valence-electron chi connectivity index (χ0n) is 8.91. The van der Waals surface area contributed by atoms with Crippen LogP contribution < -0.4 is 10.6 Å². The van der Waals surface area contributed by atoms with Crippen molar-refractivity contribution in [3.05, 3.63) is 35.4 Å². The van der Waals surface area contributed by atoms with Crippen LogP contribution in [0.4, 0.5) is 18.0 Å². The lowest BCUT2D eigenvalue weighted by molar-refractivity contribution is -0.145. The average Bonchev–Trinajstić information content (AvgIpc) is 2.24. The number of alkyl halides is 3. The number of urea groups is 1. The molecule has 0 unspecified atom stereocenters. The van der Waals surface area contributed by atoms with Crippen LogP contribution in [0.5, 0.6) is 0 Å². The second-order valence-corrected chi connectivity index (χ2v) is 3.31. The molecule has 0 fully saturated rings. The van der Waals surface area contributed by atoms with Gasteiger partial charge < -0.3 is 10.4 Å². The number of carboxylic acids is 1. The van der Waals surface area contributed by atoms with Gasteiger partial charge in [-0.15, -0.1) is 0 Å². The lowest BCUT2D eigenvalue weighted by Gasteiger charge is -2.10. The highest BCUT2D eigenvalue weighted by atomic mass is 19.4. The predicted molar refractivity (Wildman–Crippen MR) is 54.8 cm³/mol. The van der Waals surface area contributed by atoms with Gasteiger partial charge in [0.1, 0.15) is 0 Å². The van der Waals surface area contributed by atoms with Crippen LogP contribution in [0.15, 0.2) is 24.3 Å². The molecule has 0 aliphatic carbocycles. The minimum atomic E-state index is -4.78. The first kappa shape index (κ1) is 13.8. The Labute approximate surface area is 99.6 Å². The van der Waals surface area contributed by atoms with Gasteiger partial charge >= 0.3 is 18.3 Å². The summed E-state index contributed by atoms with van der Waals surface area (Å²) in [5.41, 5.74) is 0.538. The number of amides is 2. The molecule has 0 heterocycles. The maximum atomic E-state index is 11.7. The fourth-order valence-corrected chi connectivity index (χ4v) is 1.12. The molecule has 18 heavy (non-hydrogen) atoms. The molecule has 0 radical (unpaired) electrons. The summed E-state index contributed by atoms with van der Waals surface area (Å²) >= 11 is 0. The van der Waals surface area contributed by atoms with Crippen molar-refractivity contribution in [3.63, 3.8) is 0 Å². The molecular formula is C10H9F3N2O3. The molecule has 98 valence electrons. The Kier molecular flexibility index (Phi) is 4.13. The summed E-state index contributed by atoms with van der Waals surface area (Å²) in [4.78, 5) is 21.3. The molecule has 5 nitrogen and oxygen atoms in total. The minimum Gasteiger partial charge on any atom is -0.478 e. The number of hydrogen-bond acceptors (Lipinski definition) is 2. The standard InChI is InChI=1S/C10H9F3N2O3/c11-10(12,13)15-9(18)14-5-6-1-3-7(4-2-6)8(16)17/h1-4H,5H2,(H,16,17)(H2,14,15,18). The molecule has 0 aromatic heterocycles. The van der Waals surface area contributed by atoms with Gasteiger partial charge in [-0.3, -0.25) is 0 Å². The lowest BCUT2D eigenvalue weighted by atomic mass is 10.1. The Morgan fingerprint density at radius 1 is 1.17 bits per heavy atom. The van der Waals surface area contributed by atoms with Crippen LogP contribution in [0, 0.1) is 0 Å². The van der Waals surface area contributed by atoms with E-state index in [1.54, 1.807) is 0 Å². The highest BCUT2D eigenvalue weighted by Crippen LogP contribution is 2.09. The van der Waals surface area contributed by atoms with E-state index >= 15 is 0 Å². The zero-order chi connectivity index (χ0) is 13.8. The van der Waals surface area contributed by atoms with Crippen LogP contribution in [0.1, 0.15) is 15.9 Å². The Bertz CT molecular complexity index is 443. The van der Waals surface area contributed by atoms with Crippen molar-refractivity contribution in [2.45, 2.75) is 12.8 Å². The number of aromatic carboxylic acids is 1. The second kappa shape index (κ2) is 5.39. The third-order valence-electron chi connectivity index (χ3n) is 1.91. The van der Waals surface area contributed by atoms with Gasteiger partial charge in [0.15, 0.2) is 0 Å². The highest BCUT2D eigenvalue weighted by Gasteiger charge is 2.29. The molecule has 3 N–H and O–H groups in total. The van der Waals surface area contributed by atoms with E-state index in [0.29, 0.717) is 5.56 Å². The average molecular weight is 262 g/mol. The van der Waals surface area contributed by atoms with Crippen molar-refractivity contribution in [3.8, 4) is 0 Å². The number of carbonyl (C=O) groups is 2. The Morgan fingerprint density at radius 2 is 1.72 bits per heavy atom. The van der Waals surface area contributed by atoms with E-state index in [1.165, 1.54) is 24.3 Å². The van der Waals surface area contributed by atoms with Crippen LogP contribution >= 0.6 is 0 Å². The van der Waals surface area contributed by atoms with Crippen LogP contribution in [-0.2, 0) is 6.54 Å². The summed E-state index contributed by atoms with van der Waals surface area (Å²) in [6.45, 7) is -0.137. The van der Waals surface area contributed by atoms with Crippen molar-refractivity contribution in [1.82, 2.24) is 10.6 Å². The van der Waals surface area contributed by atoms with Crippen LogP contribution in [0.25, 0.3) is 0 Å². The summed E-state index contributed by atoms with van der Waals surface area (Å²) < 4.78 is 35.2. The lowest BCUT2D eigenvalue weighted by Crippen LogP contribution is -2.43. The first-order chi connectivity index (χ1) is 8.28. The third kappa shape index (κ3) is 4.73. The normalized spacial score (nSPS) is 10.8. The highest BCUT2D eigenvalue weighted by molar-refractivity contribution is 5.87. The predicted octanol–water partition coefficient (Wildman–Crippen LogP) is 1.70. The quantitative estimate of drug-likeness (QED) is 0.725. The third-order valence-corrected chi connectivity index (χ3v) is 1.91. The fraction of sp³-hybridized carbons (Fsp3) is 0.200. The van der Waals surface area contributed by atoms with Gasteiger partial charge in [-0.05, 0) is 17.7 Å². The summed E-state index contributed by atoms with van der Waals surface area (Å²) in [6.07, 6.45) is -4.78. The molecule has 8 heteroatoms. The molecule has 1 rings (SSSR count). The summed E-state index contributed by atoms with van der Waals surface area (Å²) in [5, 5.41) is 11.4. The molecule has 0 aliphatic rings. The van der Waals surface area contributed by atoms with Crippen LogP contribution in [0.2, 0.25) is 0 Å². The summed E-state index contributed by atoms with van der Waals surface area (Å²) in [7, 11) is 0. The van der Waals surface area contributed by atoms with E-state index in [9.17, 15) is 22.8 Å². The summed E-state index contributed by atoms with van der Waals surface area (Å²) in [6, 6.07) is 4.02. The van der Waals surface area contributed by atoms with Crippen molar-refractivity contribution in [2.24, 2.45) is 0 Å². The smallest absolute Gasteiger partial charge is 0.478 e. The van der Waals surface area contributed by atoms with E-state index in [2.05, 4.69) is 0 Å². The Hall–Kier alpha value is -2.25. The van der Waals surface area contributed by atoms with Crippen LogP contribution in [-0.4, -0.2) is 23.4 Å². The SMILES string of the molecule is O=C(NCc1ccc(C(=O)O)cc1)NC(F)(F)F.